The maximum absolute atomic E-state index is 12.0. The van der Waals surface area contributed by atoms with Crippen molar-refractivity contribution in [2.75, 3.05) is 18.4 Å². The van der Waals surface area contributed by atoms with E-state index in [9.17, 15) is 4.79 Å². The van der Waals surface area contributed by atoms with Gasteiger partial charge in [-0.1, -0.05) is 0 Å². The molecule has 6 heteroatoms. The number of aromatic nitrogens is 1. The molecule has 0 aliphatic heterocycles. The summed E-state index contributed by atoms with van der Waals surface area (Å²) in [5.41, 5.74) is 0.747. The summed E-state index contributed by atoms with van der Waals surface area (Å²) in [4.78, 5) is 13.8. The topological polar surface area (TPSA) is 54.5 Å². The van der Waals surface area contributed by atoms with Gasteiger partial charge in [0, 0.05) is 30.4 Å². The van der Waals surface area contributed by atoms with Crippen LogP contribution in [0.4, 0.5) is 10.5 Å². The van der Waals surface area contributed by atoms with E-state index in [1.54, 1.807) is 4.90 Å². The minimum absolute atomic E-state index is 0.0934. The lowest BCUT2D eigenvalue weighted by Crippen LogP contribution is -2.34. The molecule has 1 heterocycles. The van der Waals surface area contributed by atoms with Gasteiger partial charge in [0.25, 0.3) is 0 Å². The van der Waals surface area contributed by atoms with E-state index in [4.69, 9.17) is 4.74 Å². The molecule has 124 valence electrons. The minimum Gasteiger partial charge on any atom is -0.457 e. The molecule has 1 aromatic heterocycles. The van der Waals surface area contributed by atoms with Crippen molar-refractivity contribution >= 4 is 33.3 Å². The lowest BCUT2D eigenvalue weighted by molar-refractivity contribution is 0.217. The molecule has 24 heavy (non-hydrogen) atoms. The van der Waals surface area contributed by atoms with Gasteiger partial charge < -0.3 is 15.0 Å². The molecule has 1 N–H and O–H groups in total. The average Bonchev–Trinajstić information content (AvgIpc) is 3.05. The SMILES string of the molecule is CCN(CC)C(=O)Nc1ccc(Oc2ccc3sncc3c2)cc1. The van der Waals surface area contributed by atoms with Crippen LogP contribution < -0.4 is 10.1 Å². The Hall–Kier alpha value is -2.60. The van der Waals surface area contributed by atoms with Crippen molar-refractivity contribution in [3.8, 4) is 11.5 Å². The molecule has 0 fully saturated rings. The van der Waals surface area contributed by atoms with E-state index >= 15 is 0 Å². The zero-order valence-corrected chi connectivity index (χ0v) is 14.5. The quantitative estimate of drug-likeness (QED) is 0.713. The number of amides is 2. The minimum atomic E-state index is -0.0934. The Morgan fingerprint density at radius 3 is 2.54 bits per heavy atom. The van der Waals surface area contributed by atoms with E-state index in [2.05, 4.69) is 9.69 Å². The van der Waals surface area contributed by atoms with E-state index < -0.39 is 0 Å². The number of rotatable bonds is 5. The van der Waals surface area contributed by atoms with Crippen LogP contribution in [0, 0.1) is 0 Å². The first-order valence-corrected chi connectivity index (χ1v) is 8.65. The number of urea groups is 1. The summed E-state index contributed by atoms with van der Waals surface area (Å²) in [6.07, 6.45) is 1.83. The van der Waals surface area contributed by atoms with Crippen LogP contribution in [-0.4, -0.2) is 28.4 Å². The maximum atomic E-state index is 12.0. The Morgan fingerprint density at radius 2 is 1.83 bits per heavy atom. The predicted molar refractivity (Wildman–Crippen MR) is 98.1 cm³/mol. The van der Waals surface area contributed by atoms with Gasteiger partial charge >= 0.3 is 6.03 Å². The summed E-state index contributed by atoms with van der Waals surface area (Å²) >= 11 is 1.47. The highest BCUT2D eigenvalue weighted by Crippen LogP contribution is 2.27. The van der Waals surface area contributed by atoms with Gasteiger partial charge in [-0.15, -0.1) is 0 Å². The van der Waals surface area contributed by atoms with Crippen molar-refractivity contribution in [2.24, 2.45) is 0 Å². The van der Waals surface area contributed by atoms with Gasteiger partial charge in [-0.25, -0.2) is 4.79 Å². The number of hydrogen-bond donors (Lipinski definition) is 1. The van der Waals surface area contributed by atoms with Crippen LogP contribution in [0.1, 0.15) is 13.8 Å². The lowest BCUT2D eigenvalue weighted by atomic mass is 10.2. The van der Waals surface area contributed by atoms with Gasteiger partial charge in [-0.3, -0.25) is 0 Å². The van der Waals surface area contributed by atoms with Crippen LogP contribution in [0.3, 0.4) is 0 Å². The Morgan fingerprint density at radius 1 is 1.12 bits per heavy atom. The fourth-order valence-corrected chi connectivity index (χ4v) is 3.00. The highest BCUT2D eigenvalue weighted by molar-refractivity contribution is 7.13. The first-order chi connectivity index (χ1) is 11.7. The lowest BCUT2D eigenvalue weighted by Gasteiger charge is -2.19. The molecule has 3 rings (SSSR count). The number of nitrogens with one attached hydrogen (secondary N) is 1. The summed E-state index contributed by atoms with van der Waals surface area (Å²) in [5.74, 6) is 1.49. The Bertz CT molecular complexity index is 826. The number of nitrogens with zero attached hydrogens (tertiary/aromatic N) is 2. The van der Waals surface area contributed by atoms with E-state index in [0.29, 0.717) is 13.1 Å². The largest absolute Gasteiger partial charge is 0.457 e. The Balaban J connectivity index is 1.66. The third-order valence-electron chi connectivity index (χ3n) is 3.72. The first-order valence-electron chi connectivity index (χ1n) is 7.88. The number of carbonyl (C=O) groups is 1. The molecule has 0 radical (unpaired) electrons. The van der Waals surface area contributed by atoms with Gasteiger partial charge in [-0.2, -0.15) is 4.37 Å². The molecule has 0 aliphatic carbocycles. The molecular formula is C18H19N3O2S. The maximum Gasteiger partial charge on any atom is 0.321 e. The van der Waals surface area contributed by atoms with Crippen LogP contribution in [0.2, 0.25) is 0 Å². The summed E-state index contributed by atoms with van der Waals surface area (Å²) in [6.45, 7) is 5.28. The highest BCUT2D eigenvalue weighted by Gasteiger charge is 2.09. The highest BCUT2D eigenvalue weighted by atomic mass is 32.1. The summed E-state index contributed by atoms with van der Waals surface area (Å²) in [5, 5.41) is 3.95. The molecule has 0 unspecified atom stereocenters. The molecule has 0 saturated carbocycles. The van der Waals surface area contributed by atoms with Crippen LogP contribution in [-0.2, 0) is 0 Å². The Kier molecular flexibility index (Phi) is 4.96. The van der Waals surface area contributed by atoms with Crippen LogP contribution in [0.25, 0.3) is 10.1 Å². The zero-order chi connectivity index (χ0) is 16.9. The molecule has 0 saturated heterocycles. The molecular weight excluding hydrogens is 322 g/mol. The summed E-state index contributed by atoms with van der Waals surface area (Å²) in [6, 6.07) is 13.2. The van der Waals surface area contributed by atoms with Crippen molar-refractivity contribution in [1.29, 1.82) is 0 Å². The second-order valence-electron chi connectivity index (χ2n) is 5.25. The van der Waals surface area contributed by atoms with E-state index in [-0.39, 0.29) is 6.03 Å². The van der Waals surface area contributed by atoms with Gasteiger partial charge in [0.1, 0.15) is 11.5 Å². The van der Waals surface area contributed by atoms with Gasteiger partial charge in [0.15, 0.2) is 0 Å². The van der Waals surface area contributed by atoms with Gasteiger partial charge in [0.2, 0.25) is 0 Å². The van der Waals surface area contributed by atoms with Crippen molar-refractivity contribution < 1.29 is 9.53 Å². The van der Waals surface area contributed by atoms with Crippen LogP contribution >= 0.6 is 11.5 Å². The normalized spacial score (nSPS) is 10.6. The molecule has 3 aromatic rings. The third-order valence-corrected chi connectivity index (χ3v) is 4.50. The van der Waals surface area contributed by atoms with E-state index in [1.807, 2.05) is 62.5 Å². The van der Waals surface area contributed by atoms with Crippen molar-refractivity contribution in [1.82, 2.24) is 9.27 Å². The summed E-state index contributed by atoms with van der Waals surface area (Å²) < 4.78 is 11.2. The molecule has 0 atom stereocenters. The van der Waals surface area contributed by atoms with Crippen molar-refractivity contribution in [2.45, 2.75) is 13.8 Å². The van der Waals surface area contributed by atoms with Crippen molar-refractivity contribution in [3.63, 3.8) is 0 Å². The fourth-order valence-electron chi connectivity index (χ4n) is 2.37. The number of carbonyl (C=O) groups excluding carboxylic acids is 1. The monoisotopic (exact) mass is 341 g/mol. The number of fused-ring (bicyclic) bond motifs is 1. The molecule has 5 nitrogen and oxygen atoms in total. The number of anilines is 1. The molecule has 0 bridgehead atoms. The number of ether oxygens (including phenoxy) is 1. The zero-order valence-electron chi connectivity index (χ0n) is 13.7. The van der Waals surface area contributed by atoms with Gasteiger partial charge in [0.05, 0.1) is 4.70 Å². The van der Waals surface area contributed by atoms with Crippen molar-refractivity contribution in [3.05, 3.63) is 48.7 Å². The second kappa shape index (κ2) is 7.31. The Labute approximate surface area is 145 Å². The van der Waals surface area contributed by atoms with Crippen LogP contribution in [0.5, 0.6) is 11.5 Å². The van der Waals surface area contributed by atoms with Crippen LogP contribution in [0.15, 0.2) is 48.7 Å². The predicted octanol–water partition coefficient (Wildman–Crippen LogP) is 4.96. The number of hydrogen-bond acceptors (Lipinski definition) is 4. The molecule has 0 spiro atoms. The molecule has 2 aromatic carbocycles. The fraction of sp³-hybridized carbons (Fsp3) is 0.222. The summed E-state index contributed by atoms with van der Waals surface area (Å²) in [7, 11) is 0. The van der Waals surface area contributed by atoms with E-state index in [0.717, 1.165) is 27.3 Å². The van der Waals surface area contributed by atoms with Gasteiger partial charge in [-0.05, 0) is 67.8 Å². The van der Waals surface area contributed by atoms with E-state index in [1.165, 1.54) is 11.5 Å². The second-order valence-corrected chi connectivity index (χ2v) is 6.09. The standard InChI is InChI=1S/C18H19N3O2S/c1-3-21(4-2)18(22)20-14-5-7-15(8-6-14)23-16-9-10-17-13(11-16)12-19-24-17/h5-12H,3-4H2,1-2H3,(H,20,22). The average molecular weight is 341 g/mol. The molecule has 0 aliphatic rings. The molecule has 2 amide bonds. The smallest absolute Gasteiger partial charge is 0.321 e. The third kappa shape index (κ3) is 3.65. The number of benzene rings is 2. The first kappa shape index (κ1) is 16.3.